The highest BCUT2D eigenvalue weighted by molar-refractivity contribution is 7.99. The third-order valence-electron chi connectivity index (χ3n) is 4.22. The number of halogens is 2. The van der Waals surface area contributed by atoms with Crippen molar-refractivity contribution in [1.29, 1.82) is 0 Å². The molecule has 3 rings (SSSR count). The molecule has 1 aliphatic rings. The molecule has 2 amide bonds. The summed E-state index contributed by atoms with van der Waals surface area (Å²) in [5.74, 6) is -1.22. The van der Waals surface area contributed by atoms with Crippen LogP contribution in [0.4, 0.5) is 13.6 Å². The number of allylic oxidation sites excluding steroid dienone is 1. The van der Waals surface area contributed by atoms with E-state index in [1.54, 1.807) is 10.6 Å². The number of benzene rings is 1. The summed E-state index contributed by atoms with van der Waals surface area (Å²) in [6, 6.07) is 3.26. The molecule has 0 saturated heterocycles. The van der Waals surface area contributed by atoms with Gasteiger partial charge < -0.3 is 15.0 Å². The van der Waals surface area contributed by atoms with Crippen molar-refractivity contribution in [3.05, 3.63) is 53.0 Å². The summed E-state index contributed by atoms with van der Waals surface area (Å²) in [5.41, 5.74) is 6.53. The molecule has 0 atom stereocenters. The minimum Gasteiger partial charge on any atom is -0.442 e. The van der Waals surface area contributed by atoms with Crippen molar-refractivity contribution in [3.63, 3.8) is 0 Å². The summed E-state index contributed by atoms with van der Waals surface area (Å²) in [7, 11) is 0. The molecular weight excluding hydrogens is 414 g/mol. The van der Waals surface area contributed by atoms with Crippen LogP contribution in [0.25, 0.3) is 0 Å². The molecule has 158 valence electrons. The number of rotatable bonds is 7. The predicted molar refractivity (Wildman–Crippen MR) is 107 cm³/mol. The van der Waals surface area contributed by atoms with Gasteiger partial charge in [-0.15, -0.1) is 0 Å². The number of ether oxygens (including phenoxy) is 1. The van der Waals surface area contributed by atoms with Crippen molar-refractivity contribution in [2.75, 3.05) is 0 Å². The van der Waals surface area contributed by atoms with Gasteiger partial charge in [0.2, 0.25) is 5.91 Å². The Morgan fingerprint density at radius 2 is 2.00 bits per heavy atom. The fourth-order valence-corrected chi connectivity index (χ4v) is 4.09. The van der Waals surface area contributed by atoms with Gasteiger partial charge in [-0.2, -0.15) is 0 Å². The molecule has 30 heavy (non-hydrogen) atoms. The number of aliphatic imine (C=N–C) groups is 1. The van der Waals surface area contributed by atoms with Crippen molar-refractivity contribution < 1.29 is 23.1 Å². The van der Waals surface area contributed by atoms with Crippen molar-refractivity contribution in [2.45, 2.75) is 49.3 Å². The minimum absolute atomic E-state index is 0.0185. The quantitative estimate of drug-likeness (QED) is 0.711. The third kappa shape index (κ3) is 5.32. The summed E-state index contributed by atoms with van der Waals surface area (Å²) in [6.45, 7) is 3.98. The van der Waals surface area contributed by atoms with E-state index in [4.69, 9.17) is 10.5 Å². The molecule has 0 spiro atoms. The van der Waals surface area contributed by atoms with E-state index < -0.39 is 17.7 Å². The van der Waals surface area contributed by atoms with Gasteiger partial charge in [0.15, 0.2) is 6.61 Å². The Hall–Kier alpha value is -3.01. The van der Waals surface area contributed by atoms with Gasteiger partial charge in [0.25, 0.3) is 0 Å². The maximum absolute atomic E-state index is 13.7. The van der Waals surface area contributed by atoms with Crippen molar-refractivity contribution in [3.8, 4) is 0 Å². The first-order chi connectivity index (χ1) is 14.2. The lowest BCUT2D eigenvalue weighted by molar-refractivity contribution is -0.117. The maximum atomic E-state index is 13.7. The number of nitrogens with zero attached hydrogens (tertiary/aromatic N) is 3. The van der Waals surface area contributed by atoms with E-state index >= 15 is 0 Å². The summed E-state index contributed by atoms with van der Waals surface area (Å²) >= 11 is 1.15. The molecule has 1 aromatic heterocycles. The largest absolute Gasteiger partial charge is 0.442 e. The highest BCUT2D eigenvalue weighted by Gasteiger charge is 2.22. The van der Waals surface area contributed by atoms with Crippen LogP contribution in [0, 0.1) is 11.6 Å². The lowest BCUT2D eigenvalue weighted by atomic mass is 10.1. The SMILES string of the molecule is CC(C)c1nc(COC(N)=O)n(CC2=CCC(=O)N=C2)c1Sc1cc(F)cc(F)c1. The number of nitrogens with two attached hydrogens (primary N) is 1. The fraction of sp³-hybridized carbons (Fsp3) is 0.300. The molecule has 2 heterocycles. The van der Waals surface area contributed by atoms with E-state index in [9.17, 15) is 18.4 Å². The zero-order valence-electron chi connectivity index (χ0n) is 16.4. The van der Waals surface area contributed by atoms with Crippen LogP contribution in [-0.4, -0.2) is 27.8 Å². The number of amides is 2. The van der Waals surface area contributed by atoms with Gasteiger partial charge in [-0.25, -0.2) is 23.6 Å². The van der Waals surface area contributed by atoms with Crippen molar-refractivity contribution in [1.82, 2.24) is 9.55 Å². The Kier molecular flexibility index (Phi) is 6.66. The predicted octanol–water partition coefficient (Wildman–Crippen LogP) is 3.96. The molecule has 2 N–H and O–H groups in total. The standard InChI is InChI=1S/C20H20F2N4O3S/c1-11(2)18-19(30-15-6-13(21)5-14(22)7-15)26(16(25-18)10-29-20(23)28)9-12-3-4-17(27)24-8-12/h3,5-8,11H,4,9-10H2,1-2H3,(H2,23,28). The van der Waals surface area contributed by atoms with Gasteiger partial charge in [-0.1, -0.05) is 31.7 Å². The van der Waals surface area contributed by atoms with Crippen LogP contribution < -0.4 is 5.73 Å². The van der Waals surface area contributed by atoms with Crippen molar-refractivity contribution >= 4 is 30.0 Å². The molecule has 0 fully saturated rings. The van der Waals surface area contributed by atoms with Gasteiger partial charge >= 0.3 is 6.09 Å². The van der Waals surface area contributed by atoms with E-state index in [-0.39, 0.29) is 31.4 Å². The molecule has 2 aromatic rings. The topological polar surface area (TPSA) is 99.6 Å². The Morgan fingerprint density at radius 3 is 2.57 bits per heavy atom. The van der Waals surface area contributed by atoms with Crippen molar-refractivity contribution in [2.24, 2.45) is 10.7 Å². The zero-order chi connectivity index (χ0) is 21.8. The number of carbonyl (C=O) groups is 2. The van der Waals surface area contributed by atoms with Gasteiger partial charge in [0.1, 0.15) is 22.5 Å². The molecule has 7 nitrogen and oxygen atoms in total. The number of carbonyl (C=O) groups excluding carboxylic acids is 2. The second-order valence-electron chi connectivity index (χ2n) is 6.91. The number of hydrogen-bond acceptors (Lipinski definition) is 5. The maximum Gasteiger partial charge on any atom is 0.404 e. The Morgan fingerprint density at radius 1 is 1.30 bits per heavy atom. The average Bonchev–Trinajstić information content (AvgIpc) is 2.98. The number of dihydropyridines is 1. The number of primary amides is 1. The number of aromatic nitrogens is 2. The van der Waals surface area contributed by atoms with E-state index in [0.29, 0.717) is 21.4 Å². The molecule has 0 bridgehead atoms. The minimum atomic E-state index is -0.943. The van der Waals surface area contributed by atoms with E-state index in [2.05, 4.69) is 9.98 Å². The molecule has 10 heteroatoms. The highest BCUT2D eigenvalue weighted by atomic mass is 32.2. The highest BCUT2D eigenvalue weighted by Crippen LogP contribution is 2.36. The second-order valence-corrected chi connectivity index (χ2v) is 7.97. The van der Waals surface area contributed by atoms with Crippen LogP contribution in [0.3, 0.4) is 0 Å². The summed E-state index contributed by atoms with van der Waals surface area (Å²) in [4.78, 5) is 31.2. The monoisotopic (exact) mass is 434 g/mol. The summed E-state index contributed by atoms with van der Waals surface area (Å²) < 4.78 is 34.1. The summed E-state index contributed by atoms with van der Waals surface area (Å²) in [5, 5.41) is 0.643. The molecule has 1 aromatic carbocycles. The molecule has 0 unspecified atom stereocenters. The van der Waals surface area contributed by atoms with Gasteiger partial charge in [-0.3, -0.25) is 4.79 Å². The first kappa shape index (κ1) is 21.7. The smallest absolute Gasteiger partial charge is 0.404 e. The van der Waals surface area contributed by atoms with Crippen LogP contribution in [0.2, 0.25) is 0 Å². The van der Waals surface area contributed by atoms with Crippen LogP contribution in [-0.2, 0) is 22.7 Å². The number of imidazole rings is 1. The third-order valence-corrected chi connectivity index (χ3v) is 5.31. The fourth-order valence-electron chi connectivity index (χ4n) is 2.86. The van der Waals surface area contributed by atoms with E-state index in [1.165, 1.54) is 18.3 Å². The lowest BCUT2D eigenvalue weighted by Crippen LogP contribution is -2.16. The van der Waals surface area contributed by atoms with Gasteiger partial charge in [-0.05, 0) is 23.6 Å². The van der Waals surface area contributed by atoms with Crippen LogP contribution in [0.15, 0.2) is 44.8 Å². The van der Waals surface area contributed by atoms with Crippen LogP contribution in [0.5, 0.6) is 0 Å². The zero-order valence-corrected chi connectivity index (χ0v) is 17.2. The summed E-state index contributed by atoms with van der Waals surface area (Å²) in [6.07, 6.45) is 2.46. The Bertz CT molecular complexity index is 1030. The van der Waals surface area contributed by atoms with Gasteiger partial charge in [0.05, 0.1) is 12.2 Å². The second kappa shape index (κ2) is 9.21. The molecule has 0 saturated carbocycles. The first-order valence-corrected chi connectivity index (χ1v) is 9.96. The van der Waals surface area contributed by atoms with Crippen LogP contribution >= 0.6 is 11.8 Å². The van der Waals surface area contributed by atoms with Crippen LogP contribution in [0.1, 0.15) is 37.7 Å². The van der Waals surface area contributed by atoms with E-state index in [1.807, 2.05) is 13.8 Å². The average molecular weight is 434 g/mol. The Balaban J connectivity index is 2.05. The van der Waals surface area contributed by atoms with E-state index in [0.717, 1.165) is 23.4 Å². The number of hydrogen-bond donors (Lipinski definition) is 1. The lowest BCUT2D eigenvalue weighted by Gasteiger charge is -2.15. The molecule has 0 aliphatic carbocycles. The van der Waals surface area contributed by atoms with Gasteiger partial charge in [0, 0.05) is 23.6 Å². The molecule has 0 radical (unpaired) electrons. The molecular formula is C20H20F2N4O3S. The normalized spacial score (nSPS) is 13.6. The Labute approximate surface area is 176 Å². The first-order valence-electron chi connectivity index (χ1n) is 9.14. The molecule has 1 aliphatic heterocycles.